The highest BCUT2D eigenvalue weighted by molar-refractivity contribution is 6.23. The van der Waals surface area contributed by atoms with Crippen molar-refractivity contribution in [3.8, 4) is 0 Å². The summed E-state index contributed by atoms with van der Waals surface area (Å²) in [5, 5.41) is 2.70. The first kappa shape index (κ1) is 28.0. The molecule has 0 unspecified atom stereocenters. The molecule has 2 aliphatic heterocycles. The predicted molar refractivity (Wildman–Crippen MR) is 150 cm³/mol. The number of amides is 6. The Bertz CT molecular complexity index is 1330. The van der Waals surface area contributed by atoms with E-state index in [0.29, 0.717) is 23.6 Å². The minimum atomic E-state index is -1.12. The van der Waals surface area contributed by atoms with E-state index >= 15 is 0 Å². The lowest BCUT2D eigenvalue weighted by Gasteiger charge is -2.27. The summed E-state index contributed by atoms with van der Waals surface area (Å²) in [5.41, 5.74) is 1.47. The van der Waals surface area contributed by atoms with Crippen LogP contribution in [0.15, 0.2) is 36.5 Å². The molecule has 1 fully saturated rings. The quantitative estimate of drug-likeness (QED) is 0.570. The first-order valence-electron chi connectivity index (χ1n) is 12.8. The summed E-state index contributed by atoms with van der Waals surface area (Å²) in [6.45, 7) is 8.51. The summed E-state index contributed by atoms with van der Waals surface area (Å²) in [6, 6.07) is 8.11. The van der Waals surface area contributed by atoms with Crippen LogP contribution in [0, 0.1) is 0 Å². The molecular formula is C28H37N7O4. The number of nitrogens with zero attached hydrogens (tertiary/aromatic N) is 6. The van der Waals surface area contributed by atoms with Crippen LogP contribution in [0.5, 0.6) is 0 Å². The van der Waals surface area contributed by atoms with Gasteiger partial charge in [-0.15, -0.1) is 0 Å². The Balaban J connectivity index is 1.64. The van der Waals surface area contributed by atoms with E-state index in [-0.39, 0.29) is 36.3 Å². The molecule has 0 aliphatic carbocycles. The highest BCUT2D eigenvalue weighted by Crippen LogP contribution is 2.44. The van der Waals surface area contributed by atoms with Gasteiger partial charge in [-0.05, 0) is 63.3 Å². The number of carbonyl (C=O) groups is 4. The van der Waals surface area contributed by atoms with Gasteiger partial charge in [-0.1, -0.05) is 19.9 Å². The molecule has 6 amide bonds. The van der Waals surface area contributed by atoms with Crippen molar-refractivity contribution >= 4 is 41.1 Å². The van der Waals surface area contributed by atoms with Crippen LogP contribution in [0.4, 0.5) is 26.8 Å². The van der Waals surface area contributed by atoms with E-state index in [1.807, 2.05) is 25.1 Å². The highest BCUT2D eigenvalue weighted by Gasteiger charge is 2.52. The van der Waals surface area contributed by atoms with Gasteiger partial charge in [-0.25, -0.2) is 19.5 Å². The first-order valence-corrected chi connectivity index (χ1v) is 12.8. The molecule has 2 aliphatic rings. The van der Waals surface area contributed by atoms with Gasteiger partial charge in [0.1, 0.15) is 11.4 Å². The molecule has 4 rings (SSSR count). The van der Waals surface area contributed by atoms with E-state index in [2.05, 4.69) is 24.1 Å². The lowest BCUT2D eigenvalue weighted by molar-refractivity contribution is -0.123. The van der Waals surface area contributed by atoms with E-state index < -0.39 is 11.6 Å². The number of fused-ring (bicyclic) bond motifs is 1. The molecule has 11 nitrogen and oxygen atoms in total. The Kier molecular flexibility index (Phi) is 7.16. The van der Waals surface area contributed by atoms with E-state index in [4.69, 9.17) is 0 Å². The Morgan fingerprint density at radius 3 is 2.36 bits per heavy atom. The molecule has 3 heterocycles. The second-order valence-corrected chi connectivity index (χ2v) is 11.7. The largest absolute Gasteiger partial charge is 0.332 e. The van der Waals surface area contributed by atoms with Gasteiger partial charge >= 0.3 is 12.1 Å². The maximum atomic E-state index is 13.7. The van der Waals surface area contributed by atoms with Crippen LogP contribution in [0.2, 0.25) is 0 Å². The molecule has 208 valence electrons. The molecule has 0 spiro atoms. The summed E-state index contributed by atoms with van der Waals surface area (Å²) in [6.07, 6.45) is 1.55. The maximum absolute atomic E-state index is 13.7. The number of carbonyl (C=O) groups excluding carboxylic acids is 4. The molecule has 0 saturated carbocycles. The zero-order valence-corrected chi connectivity index (χ0v) is 23.9. The number of aromatic nitrogens is 1. The standard InChI is InChI=1S/C28H37N7O4/c1-27(2)17-33(23(36)16-31(5)6)21-14-19(9-10-20(21)27)35-24(37)28(3,4)34(26(35)39)15-18-11-12-29-22(13-18)30-25(38)32(7)8/h9-14H,15-17H2,1-8H3,(H,29,30,38). The average molecular weight is 536 g/mol. The maximum Gasteiger partial charge on any atom is 0.332 e. The molecule has 2 aromatic rings. The Morgan fingerprint density at radius 1 is 1.03 bits per heavy atom. The fourth-order valence-corrected chi connectivity index (χ4v) is 4.97. The fourth-order valence-electron chi connectivity index (χ4n) is 4.97. The van der Waals surface area contributed by atoms with Crippen molar-refractivity contribution in [1.82, 2.24) is 19.7 Å². The highest BCUT2D eigenvalue weighted by atomic mass is 16.2. The number of hydrogen-bond acceptors (Lipinski definition) is 6. The third-order valence-corrected chi connectivity index (χ3v) is 7.20. The Morgan fingerprint density at radius 2 is 1.72 bits per heavy atom. The van der Waals surface area contributed by atoms with Gasteiger partial charge in [-0.3, -0.25) is 14.9 Å². The summed E-state index contributed by atoms with van der Waals surface area (Å²) in [7, 11) is 6.94. The first-order chi connectivity index (χ1) is 18.1. The minimum absolute atomic E-state index is 0.0418. The van der Waals surface area contributed by atoms with Crippen LogP contribution >= 0.6 is 0 Å². The second kappa shape index (κ2) is 9.96. The SMILES string of the molecule is CN(C)CC(=O)N1CC(C)(C)c2ccc(N3C(=O)N(Cc4ccnc(NC(=O)N(C)C)c4)C(C)(C)C3=O)cc21. The third-order valence-electron chi connectivity index (χ3n) is 7.20. The van der Waals surface area contributed by atoms with Crippen molar-refractivity contribution in [2.45, 2.75) is 45.2 Å². The topological polar surface area (TPSA) is 109 Å². The van der Waals surface area contributed by atoms with Crippen LogP contribution in [0.1, 0.15) is 38.8 Å². The summed E-state index contributed by atoms with van der Waals surface area (Å²) in [4.78, 5) is 64.3. The van der Waals surface area contributed by atoms with Crippen molar-refractivity contribution in [3.63, 3.8) is 0 Å². The zero-order chi connectivity index (χ0) is 28.9. The molecule has 0 radical (unpaired) electrons. The van der Waals surface area contributed by atoms with Gasteiger partial charge in [0.25, 0.3) is 5.91 Å². The molecule has 0 atom stereocenters. The lowest BCUT2D eigenvalue weighted by Crippen LogP contribution is -2.43. The number of nitrogens with one attached hydrogen (secondary N) is 1. The van der Waals surface area contributed by atoms with Crippen molar-refractivity contribution in [3.05, 3.63) is 47.7 Å². The predicted octanol–water partition coefficient (Wildman–Crippen LogP) is 3.11. The van der Waals surface area contributed by atoms with Crippen molar-refractivity contribution in [1.29, 1.82) is 0 Å². The fraction of sp³-hybridized carbons (Fsp3) is 0.464. The second-order valence-electron chi connectivity index (χ2n) is 11.7. The van der Waals surface area contributed by atoms with E-state index in [1.165, 1.54) is 14.7 Å². The van der Waals surface area contributed by atoms with Gasteiger partial charge in [0.2, 0.25) is 5.91 Å². The van der Waals surface area contributed by atoms with E-state index in [9.17, 15) is 19.2 Å². The van der Waals surface area contributed by atoms with Crippen LogP contribution in [0.25, 0.3) is 0 Å². The molecule has 11 heteroatoms. The molecule has 1 aromatic heterocycles. The van der Waals surface area contributed by atoms with Crippen LogP contribution < -0.4 is 15.1 Å². The molecular weight excluding hydrogens is 498 g/mol. The lowest BCUT2D eigenvalue weighted by atomic mass is 9.87. The number of urea groups is 2. The summed E-state index contributed by atoms with van der Waals surface area (Å²) < 4.78 is 0. The van der Waals surface area contributed by atoms with Gasteiger partial charge < -0.3 is 19.6 Å². The number of benzene rings is 1. The number of rotatable bonds is 6. The number of hydrogen-bond donors (Lipinski definition) is 1. The smallest absolute Gasteiger partial charge is 0.331 e. The van der Waals surface area contributed by atoms with Crippen LogP contribution in [-0.4, -0.2) is 90.4 Å². The third kappa shape index (κ3) is 5.18. The molecule has 1 aromatic carbocycles. The molecule has 1 saturated heterocycles. The number of anilines is 3. The van der Waals surface area contributed by atoms with Gasteiger partial charge in [-0.2, -0.15) is 0 Å². The van der Waals surface area contributed by atoms with Gasteiger partial charge in [0, 0.05) is 44.5 Å². The number of pyridine rings is 1. The van der Waals surface area contributed by atoms with Crippen molar-refractivity contribution in [2.75, 3.05) is 56.4 Å². The zero-order valence-electron chi connectivity index (χ0n) is 23.9. The number of imide groups is 1. The van der Waals surface area contributed by atoms with Crippen LogP contribution in [0.3, 0.4) is 0 Å². The molecule has 39 heavy (non-hydrogen) atoms. The monoisotopic (exact) mass is 535 g/mol. The van der Waals surface area contributed by atoms with E-state index in [0.717, 1.165) is 11.3 Å². The molecule has 1 N–H and O–H groups in total. The summed E-state index contributed by atoms with van der Waals surface area (Å²) in [5.74, 6) is -0.0477. The van der Waals surface area contributed by atoms with E-state index in [1.54, 1.807) is 63.3 Å². The van der Waals surface area contributed by atoms with Crippen molar-refractivity contribution in [2.24, 2.45) is 0 Å². The number of likely N-dealkylation sites (N-methyl/N-ethyl adjacent to an activating group) is 1. The van der Waals surface area contributed by atoms with Gasteiger partial charge in [0.15, 0.2) is 0 Å². The van der Waals surface area contributed by atoms with Gasteiger partial charge in [0.05, 0.1) is 12.2 Å². The summed E-state index contributed by atoms with van der Waals surface area (Å²) >= 11 is 0. The van der Waals surface area contributed by atoms with Crippen molar-refractivity contribution < 1.29 is 19.2 Å². The van der Waals surface area contributed by atoms with Crippen LogP contribution in [-0.2, 0) is 21.5 Å². The normalized spacial score (nSPS) is 17.6. The average Bonchev–Trinajstić information content (AvgIpc) is 3.20. The Labute approximate surface area is 229 Å². The molecule has 0 bridgehead atoms. The Hall–Kier alpha value is -3.99. The minimum Gasteiger partial charge on any atom is -0.331 e.